The molecule has 0 rings (SSSR count). The Morgan fingerprint density at radius 3 is 0.804 bits per heavy atom. The lowest BCUT2D eigenvalue weighted by atomic mass is 10.1. The van der Waals surface area contributed by atoms with Gasteiger partial charge in [-0.15, -0.1) is 0 Å². The van der Waals surface area contributed by atoms with Crippen LogP contribution in [0.3, 0.4) is 0 Å². The SMILES string of the molecule is CC/C=C\C/C=C\C/C=C\C/C=C\CCCCCCC(=O)OCC(COP(=O)(O)OCC(O)COP(=O)(O)OCC(COC(=O)CCCC/C=C\C/C=C\C/C=C\C/C=C\CC)OC(=O)CCCC/C=C\C/C=C\C/C=C\C/C=C\CC)OC(=O)CCCCCCC/C=C\C/C=C\CCCCC. The predicted octanol–water partition coefficient (Wildman–Crippen LogP) is 22.2. The summed E-state index contributed by atoms with van der Waals surface area (Å²) in [5, 5.41) is 10.6. The van der Waals surface area contributed by atoms with E-state index in [4.69, 9.17) is 37.0 Å². The summed E-state index contributed by atoms with van der Waals surface area (Å²) in [7, 11) is -10.0. The Bertz CT molecular complexity index is 2600. The molecule has 0 saturated carbocycles. The molecule has 0 amide bonds. The molecule has 0 aliphatic rings. The third-order valence-electron chi connectivity index (χ3n) is 15.2. The van der Waals surface area contributed by atoms with Crippen molar-refractivity contribution >= 4 is 39.5 Å². The zero-order chi connectivity index (χ0) is 74.6. The van der Waals surface area contributed by atoms with Crippen molar-refractivity contribution in [2.24, 2.45) is 0 Å². The lowest BCUT2D eigenvalue weighted by Crippen LogP contribution is -2.30. The Labute approximate surface area is 616 Å². The Balaban J connectivity index is 5.48. The minimum absolute atomic E-state index is 0.0265. The van der Waals surface area contributed by atoms with Crippen molar-refractivity contribution < 1.29 is 80.2 Å². The van der Waals surface area contributed by atoms with Crippen molar-refractivity contribution in [3.8, 4) is 0 Å². The Morgan fingerprint density at radius 1 is 0.284 bits per heavy atom. The van der Waals surface area contributed by atoms with Crippen LogP contribution < -0.4 is 0 Å². The summed E-state index contributed by atoms with van der Waals surface area (Å²) >= 11 is 0. The van der Waals surface area contributed by atoms with E-state index >= 15 is 0 Å². The molecule has 5 atom stereocenters. The molecule has 0 bridgehead atoms. The standard InChI is InChI=1S/C83H134O17P2/c1-5-9-13-17-21-25-29-33-37-38-42-44-48-52-56-60-64-68-81(86)94-74-79(100-83(88)70-66-62-58-54-50-46-41-36-32-28-24-20-16-12-8-4)76-98-102(91,92)96-72-77(84)71-95-101(89,90)97-75-78(99-82(87)69-65-61-57-53-49-45-40-35-31-27-23-19-15-11-7-3)73-93-80(85)67-63-59-55-51-47-43-39-34-30-26-22-18-14-10-6-2/h9-11,13-15,21-28,33-37,39-42,44,47,49,51,53,77-79,84H,5-8,12,16-20,29-32,38,43,45-46,48,50,52,54-76H2,1-4H3,(H,89,90)(H,91,92)/b13-9-,14-10-,15-11-,25-21-,26-22-,27-23-,28-24-,37-33-,39-34-,40-35-,41-36-,44-42-,51-47-,53-49-. The molecule has 0 aromatic rings. The van der Waals surface area contributed by atoms with Gasteiger partial charge in [-0.25, -0.2) is 9.13 Å². The number of carbonyl (C=O) groups excluding carboxylic acids is 4. The largest absolute Gasteiger partial charge is 0.472 e. The zero-order valence-corrected chi connectivity index (χ0v) is 64.8. The van der Waals surface area contributed by atoms with Gasteiger partial charge in [0.1, 0.15) is 19.3 Å². The highest BCUT2D eigenvalue weighted by atomic mass is 31.2. The number of phosphoric acid groups is 2. The van der Waals surface area contributed by atoms with E-state index in [1.54, 1.807) is 0 Å². The number of rotatable bonds is 70. The van der Waals surface area contributed by atoms with Gasteiger partial charge in [0, 0.05) is 25.7 Å². The second kappa shape index (κ2) is 73.7. The number of aliphatic hydroxyl groups excluding tert-OH is 1. The summed E-state index contributed by atoms with van der Waals surface area (Å²) in [6, 6.07) is 0. The first-order valence-electron chi connectivity index (χ1n) is 38.4. The molecule has 5 unspecified atom stereocenters. The number of allylic oxidation sites excluding steroid dienone is 28. The lowest BCUT2D eigenvalue weighted by molar-refractivity contribution is -0.161. The Hall–Kier alpha value is -5.58. The van der Waals surface area contributed by atoms with E-state index in [9.17, 15) is 43.2 Å². The van der Waals surface area contributed by atoms with Gasteiger partial charge in [-0.05, 0) is 173 Å². The van der Waals surface area contributed by atoms with Crippen molar-refractivity contribution in [2.75, 3.05) is 39.6 Å². The van der Waals surface area contributed by atoms with E-state index < -0.39 is 97.5 Å². The Morgan fingerprint density at radius 2 is 0.510 bits per heavy atom. The van der Waals surface area contributed by atoms with Crippen molar-refractivity contribution in [3.05, 3.63) is 170 Å². The summed E-state index contributed by atoms with van der Waals surface area (Å²) < 4.78 is 68.4. The van der Waals surface area contributed by atoms with Crippen molar-refractivity contribution in [2.45, 2.75) is 290 Å². The van der Waals surface area contributed by atoms with Crippen molar-refractivity contribution in [1.29, 1.82) is 0 Å². The molecule has 0 aliphatic carbocycles. The number of carbonyl (C=O) groups is 4. The number of unbranched alkanes of at least 4 members (excludes halogenated alkanes) is 16. The third-order valence-corrected chi connectivity index (χ3v) is 17.1. The van der Waals surface area contributed by atoms with Crippen LogP contribution in [0.25, 0.3) is 0 Å². The molecule has 19 heteroatoms. The monoisotopic (exact) mass is 1460 g/mol. The highest BCUT2D eigenvalue weighted by Crippen LogP contribution is 2.45. The van der Waals surface area contributed by atoms with E-state index in [0.29, 0.717) is 32.1 Å². The van der Waals surface area contributed by atoms with Crippen LogP contribution in [0.5, 0.6) is 0 Å². The minimum Gasteiger partial charge on any atom is -0.462 e. The summed E-state index contributed by atoms with van der Waals surface area (Å²) in [5.74, 6) is -2.33. The molecule has 0 aliphatic heterocycles. The maximum Gasteiger partial charge on any atom is 0.472 e. The van der Waals surface area contributed by atoms with Crippen LogP contribution in [0.15, 0.2) is 170 Å². The van der Waals surface area contributed by atoms with E-state index in [1.807, 2.05) is 0 Å². The van der Waals surface area contributed by atoms with E-state index in [1.165, 1.54) is 19.3 Å². The van der Waals surface area contributed by atoms with Gasteiger partial charge < -0.3 is 33.8 Å². The molecule has 102 heavy (non-hydrogen) atoms. The molecular formula is C83H134O17P2. The van der Waals surface area contributed by atoms with Gasteiger partial charge in [-0.2, -0.15) is 0 Å². The molecule has 0 aromatic heterocycles. The highest BCUT2D eigenvalue weighted by molar-refractivity contribution is 7.47. The van der Waals surface area contributed by atoms with E-state index in [-0.39, 0.29) is 25.7 Å². The average Bonchev–Trinajstić information content (AvgIpc) is 0.923. The molecule has 578 valence electrons. The first-order valence-corrected chi connectivity index (χ1v) is 41.4. The first-order chi connectivity index (χ1) is 49.7. The van der Waals surface area contributed by atoms with Crippen molar-refractivity contribution in [3.63, 3.8) is 0 Å². The fourth-order valence-electron chi connectivity index (χ4n) is 9.40. The van der Waals surface area contributed by atoms with Crippen LogP contribution in [0.4, 0.5) is 0 Å². The van der Waals surface area contributed by atoms with Gasteiger partial charge in [0.25, 0.3) is 0 Å². The number of hydrogen-bond acceptors (Lipinski definition) is 15. The molecular weight excluding hydrogens is 1330 g/mol. The van der Waals surface area contributed by atoms with Gasteiger partial charge in [-0.3, -0.25) is 37.3 Å². The first kappa shape index (κ1) is 96.4. The molecule has 0 spiro atoms. The molecule has 0 aromatic carbocycles. The van der Waals surface area contributed by atoms with Crippen LogP contribution in [0.1, 0.15) is 272 Å². The number of ether oxygens (including phenoxy) is 4. The fraction of sp³-hybridized carbons (Fsp3) is 0.614. The summed E-state index contributed by atoms with van der Waals surface area (Å²) in [5.41, 5.74) is 0. The van der Waals surface area contributed by atoms with Gasteiger partial charge in [0.15, 0.2) is 12.2 Å². The summed E-state index contributed by atoms with van der Waals surface area (Å²) in [6.45, 7) is 4.33. The van der Waals surface area contributed by atoms with Gasteiger partial charge in [0.05, 0.1) is 26.4 Å². The number of phosphoric ester groups is 2. The van der Waals surface area contributed by atoms with Crippen LogP contribution in [0, 0.1) is 0 Å². The molecule has 17 nitrogen and oxygen atoms in total. The number of aliphatic hydroxyl groups is 1. The summed E-state index contributed by atoms with van der Waals surface area (Å²) in [4.78, 5) is 72.9. The van der Waals surface area contributed by atoms with Gasteiger partial charge in [0.2, 0.25) is 0 Å². The van der Waals surface area contributed by atoms with E-state index in [0.717, 1.165) is 167 Å². The quantitative estimate of drug-likeness (QED) is 0.0169. The average molecular weight is 1470 g/mol. The van der Waals surface area contributed by atoms with Crippen LogP contribution >= 0.6 is 15.6 Å². The maximum atomic E-state index is 13.1. The van der Waals surface area contributed by atoms with Crippen LogP contribution in [-0.4, -0.2) is 96.7 Å². The highest BCUT2D eigenvalue weighted by Gasteiger charge is 2.30. The molecule has 3 N–H and O–H groups in total. The molecule has 0 radical (unpaired) electrons. The topological polar surface area (TPSA) is 237 Å². The molecule has 0 heterocycles. The second-order valence-electron chi connectivity index (χ2n) is 24.8. The summed E-state index contributed by atoms with van der Waals surface area (Å²) in [6.07, 6.45) is 86.3. The number of hydrogen-bond donors (Lipinski definition) is 3. The fourth-order valence-corrected chi connectivity index (χ4v) is 11.0. The van der Waals surface area contributed by atoms with Gasteiger partial charge in [-0.1, -0.05) is 243 Å². The third kappa shape index (κ3) is 72.8. The second-order valence-corrected chi connectivity index (χ2v) is 27.7. The number of esters is 4. The Kier molecular flexibility index (Phi) is 69.7. The smallest absolute Gasteiger partial charge is 0.462 e. The maximum absolute atomic E-state index is 13.1. The lowest BCUT2D eigenvalue weighted by Gasteiger charge is -2.21. The molecule has 0 fully saturated rings. The van der Waals surface area contributed by atoms with Crippen LogP contribution in [-0.2, 0) is 65.4 Å². The predicted molar refractivity (Wildman–Crippen MR) is 417 cm³/mol. The van der Waals surface area contributed by atoms with Crippen LogP contribution in [0.2, 0.25) is 0 Å². The zero-order valence-electron chi connectivity index (χ0n) is 63.0. The van der Waals surface area contributed by atoms with Crippen molar-refractivity contribution in [1.82, 2.24) is 0 Å². The van der Waals surface area contributed by atoms with E-state index in [2.05, 4.69) is 198 Å². The van der Waals surface area contributed by atoms with Gasteiger partial charge >= 0.3 is 39.5 Å². The minimum atomic E-state index is -5.01. The normalized spacial score (nSPS) is 14.9. The molecule has 0 saturated heterocycles.